The molecule has 2 aromatic rings. The third kappa shape index (κ3) is 5.76. The van der Waals surface area contributed by atoms with Crippen molar-refractivity contribution in [3.05, 3.63) is 69.7 Å². The standard InChI is InChI=1S/C19H20Cl2N2O2/c1-13(19(25)22-11-15-3-7-17(20)8-4-15)23(14(2)24)12-16-5-9-18(21)10-6-16/h3-10,13H,11-12H2,1-2H3,(H,22,25)/t13-/m0/s1. The van der Waals surface area contributed by atoms with Crippen LogP contribution in [0, 0.1) is 0 Å². The van der Waals surface area contributed by atoms with E-state index in [1.54, 1.807) is 31.2 Å². The van der Waals surface area contributed by atoms with Gasteiger partial charge < -0.3 is 10.2 Å². The molecule has 4 nitrogen and oxygen atoms in total. The quantitative estimate of drug-likeness (QED) is 0.823. The molecule has 25 heavy (non-hydrogen) atoms. The molecule has 0 aromatic heterocycles. The van der Waals surface area contributed by atoms with Crippen molar-refractivity contribution in [2.45, 2.75) is 33.0 Å². The molecular formula is C19H20Cl2N2O2. The van der Waals surface area contributed by atoms with Crippen LogP contribution in [0.4, 0.5) is 0 Å². The highest BCUT2D eigenvalue weighted by atomic mass is 35.5. The van der Waals surface area contributed by atoms with E-state index in [0.717, 1.165) is 11.1 Å². The highest BCUT2D eigenvalue weighted by molar-refractivity contribution is 6.30. The Morgan fingerprint density at radius 3 is 1.92 bits per heavy atom. The molecule has 1 N–H and O–H groups in total. The van der Waals surface area contributed by atoms with Gasteiger partial charge in [0.1, 0.15) is 6.04 Å². The second kappa shape index (κ2) is 8.88. The summed E-state index contributed by atoms with van der Waals surface area (Å²) in [6.45, 7) is 3.91. The van der Waals surface area contributed by atoms with Gasteiger partial charge in [-0.2, -0.15) is 0 Å². The van der Waals surface area contributed by atoms with Crippen LogP contribution in [0.25, 0.3) is 0 Å². The number of hydrogen-bond donors (Lipinski definition) is 1. The van der Waals surface area contributed by atoms with E-state index < -0.39 is 6.04 Å². The van der Waals surface area contributed by atoms with Crippen molar-refractivity contribution in [3.63, 3.8) is 0 Å². The van der Waals surface area contributed by atoms with Gasteiger partial charge in [0.05, 0.1) is 0 Å². The first-order chi connectivity index (χ1) is 11.9. The minimum Gasteiger partial charge on any atom is -0.350 e. The summed E-state index contributed by atoms with van der Waals surface area (Å²) in [6, 6.07) is 13.9. The largest absolute Gasteiger partial charge is 0.350 e. The number of nitrogens with one attached hydrogen (secondary N) is 1. The van der Waals surface area contributed by atoms with E-state index in [1.165, 1.54) is 11.8 Å². The first-order valence-corrected chi connectivity index (χ1v) is 8.66. The summed E-state index contributed by atoms with van der Waals surface area (Å²) >= 11 is 11.7. The van der Waals surface area contributed by atoms with Crippen molar-refractivity contribution in [3.8, 4) is 0 Å². The Labute approximate surface area is 157 Å². The third-order valence-electron chi connectivity index (χ3n) is 3.90. The van der Waals surface area contributed by atoms with Gasteiger partial charge >= 0.3 is 0 Å². The number of rotatable bonds is 6. The summed E-state index contributed by atoms with van der Waals surface area (Å²) in [5.41, 5.74) is 1.86. The van der Waals surface area contributed by atoms with E-state index in [9.17, 15) is 9.59 Å². The smallest absolute Gasteiger partial charge is 0.242 e. The van der Waals surface area contributed by atoms with Crippen molar-refractivity contribution in [2.24, 2.45) is 0 Å². The van der Waals surface area contributed by atoms with E-state index >= 15 is 0 Å². The molecule has 0 radical (unpaired) electrons. The van der Waals surface area contributed by atoms with Gasteiger partial charge in [0.2, 0.25) is 11.8 Å². The van der Waals surface area contributed by atoms with Crippen LogP contribution in [0.1, 0.15) is 25.0 Å². The minimum atomic E-state index is -0.583. The Balaban J connectivity index is 1.99. The molecule has 6 heteroatoms. The monoisotopic (exact) mass is 378 g/mol. The summed E-state index contributed by atoms with van der Waals surface area (Å²) in [4.78, 5) is 25.9. The van der Waals surface area contributed by atoms with Gasteiger partial charge in [0, 0.05) is 30.1 Å². The van der Waals surface area contributed by atoms with E-state index in [-0.39, 0.29) is 11.8 Å². The van der Waals surface area contributed by atoms with Crippen molar-refractivity contribution in [2.75, 3.05) is 0 Å². The molecule has 2 amide bonds. The first kappa shape index (κ1) is 19.3. The molecule has 0 saturated heterocycles. The zero-order valence-corrected chi connectivity index (χ0v) is 15.6. The van der Waals surface area contributed by atoms with Crippen molar-refractivity contribution in [1.82, 2.24) is 10.2 Å². The number of halogens is 2. The van der Waals surface area contributed by atoms with Crippen LogP contribution >= 0.6 is 23.2 Å². The lowest BCUT2D eigenvalue weighted by Crippen LogP contribution is -2.46. The fourth-order valence-electron chi connectivity index (χ4n) is 2.39. The average molecular weight is 379 g/mol. The van der Waals surface area contributed by atoms with Gasteiger partial charge in [-0.3, -0.25) is 9.59 Å². The molecule has 0 aliphatic rings. The fourth-order valence-corrected chi connectivity index (χ4v) is 2.64. The molecule has 132 valence electrons. The van der Waals surface area contributed by atoms with Crippen LogP contribution in [0.5, 0.6) is 0 Å². The molecule has 2 aromatic carbocycles. The van der Waals surface area contributed by atoms with Crippen LogP contribution in [-0.2, 0) is 22.7 Å². The Morgan fingerprint density at radius 2 is 1.44 bits per heavy atom. The maximum Gasteiger partial charge on any atom is 0.242 e. The Bertz CT molecular complexity index is 730. The maximum atomic E-state index is 12.4. The van der Waals surface area contributed by atoms with Crippen LogP contribution in [0.2, 0.25) is 10.0 Å². The van der Waals surface area contributed by atoms with Crippen LogP contribution in [-0.4, -0.2) is 22.8 Å². The molecule has 2 rings (SSSR count). The van der Waals surface area contributed by atoms with E-state index in [4.69, 9.17) is 23.2 Å². The highest BCUT2D eigenvalue weighted by Gasteiger charge is 2.23. The molecule has 0 fully saturated rings. The molecule has 0 bridgehead atoms. The Morgan fingerprint density at radius 1 is 0.960 bits per heavy atom. The molecule has 0 aliphatic heterocycles. The van der Waals surface area contributed by atoms with E-state index in [1.807, 2.05) is 24.3 Å². The SMILES string of the molecule is CC(=O)N(Cc1ccc(Cl)cc1)[C@@H](C)C(=O)NCc1ccc(Cl)cc1. The lowest BCUT2D eigenvalue weighted by Gasteiger charge is -2.27. The highest BCUT2D eigenvalue weighted by Crippen LogP contribution is 2.14. The van der Waals surface area contributed by atoms with E-state index in [2.05, 4.69) is 5.32 Å². The lowest BCUT2D eigenvalue weighted by molar-refractivity contribution is -0.139. The van der Waals surface area contributed by atoms with Crippen molar-refractivity contribution >= 4 is 35.0 Å². The number of amides is 2. The van der Waals surface area contributed by atoms with Crippen LogP contribution in [0.3, 0.4) is 0 Å². The first-order valence-electron chi connectivity index (χ1n) is 7.90. The van der Waals surface area contributed by atoms with Gasteiger partial charge in [0.25, 0.3) is 0 Å². The van der Waals surface area contributed by atoms with Crippen LogP contribution in [0.15, 0.2) is 48.5 Å². The number of benzene rings is 2. The Hall–Kier alpha value is -2.04. The summed E-state index contributed by atoms with van der Waals surface area (Å²) in [7, 11) is 0. The molecule has 0 spiro atoms. The Kier molecular flexibility index (Phi) is 6.85. The fraction of sp³-hybridized carbons (Fsp3) is 0.263. The van der Waals surface area contributed by atoms with Gasteiger partial charge in [-0.1, -0.05) is 47.5 Å². The average Bonchev–Trinajstić information content (AvgIpc) is 2.59. The molecule has 1 atom stereocenters. The predicted octanol–water partition coefficient (Wildman–Crippen LogP) is 4.05. The van der Waals surface area contributed by atoms with Gasteiger partial charge in [-0.15, -0.1) is 0 Å². The number of nitrogens with zero attached hydrogens (tertiary/aromatic N) is 1. The van der Waals surface area contributed by atoms with Gasteiger partial charge in [-0.05, 0) is 42.3 Å². The topological polar surface area (TPSA) is 49.4 Å². The zero-order valence-electron chi connectivity index (χ0n) is 14.1. The number of hydrogen-bond acceptors (Lipinski definition) is 2. The molecule has 0 heterocycles. The van der Waals surface area contributed by atoms with E-state index in [0.29, 0.717) is 23.1 Å². The maximum absolute atomic E-state index is 12.4. The third-order valence-corrected chi connectivity index (χ3v) is 4.40. The van der Waals surface area contributed by atoms with Crippen molar-refractivity contribution in [1.29, 1.82) is 0 Å². The number of carbonyl (C=O) groups excluding carboxylic acids is 2. The molecule has 0 unspecified atom stereocenters. The van der Waals surface area contributed by atoms with Crippen LogP contribution < -0.4 is 5.32 Å². The molecular weight excluding hydrogens is 359 g/mol. The molecule has 0 saturated carbocycles. The zero-order chi connectivity index (χ0) is 18.4. The second-order valence-corrected chi connectivity index (χ2v) is 6.67. The molecule has 0 aliphatic carbocycles. The summed E-state index contributed by atoms with van der Waals surface area (Å²) in [5, 5.41) is 4.13. The number of carbonyl (C=O) groups is 2. The summed E-state index contributed by atoms with van der Waals surface area (Å²) < 4.78 is 0. The minimum absolute atomic E-state index is 0.163. The second-order valence-electron chi connectivity index (χ2n) is 5.79. The summed E-state index contributed by atoms with van der Waals surface area (Å²) in [5.74, 6) is -0.372. The normalized spacial score (nSPS) is 11.7. The lowest BCUT2D eigenvalue weighted by atomic mass is 10.1. The predicted molar refractivity (Wildman–Crippen MR) is 100 cm³/mol. The van der Waals surface area contributed by atoms with Crippen molar-refractivity contribution < 1.29 is 9.59 Å². The summed E-state index contributed by atoms with van der Waals surface area (Å²) in [6.07, 6.45) is 0. The van der Waals surface area contributed by atoms with Gasteiger partial charge in [0.15, 0.2) is 0 Å². The van der Waals surface area contributed by atoms with Gasteiger partial charge in [-0.25, -0.2) is 0 Å².